The van der Waals surface area contributed by atoms with Crippen LogP contribution in [0.15, 0.2) is 42.9 Å². The summed E-state index contributed by atoms with van der Waals surface area (Å²) in [6, 6.07) is 7.10. The van der Waals surface area contributed by atoms with E-state index in [4.69, 9.17) is 9.47 Å². The summed E-state index contributed by atoms with van der Waals surface area (Å²) in [5, 5.41) is 10.2. The number of carbonyl (C=O) groups is 1. The first kappa shape index (κ1) is 17.2. The van der Waals surface area contributed by atoms with Gasteiger partial charge >= 0.3 is 0 Å². The first-order valence-electron chi connectivity index (χ1n) is 8.13. The number of nitrogens with zero attached hydrogens (tertiary/aromatic N) is 3. The monoisotopic (exact) mass is 343 g/mol. The highest BCUT2D eigenvalue weighted by atomic mass is 16.5. The van der Waals surface area contributed by atoms with Crippen molar-refractivity contribution in [2.45, 2.75) is 12.5 Å². The van der Waals surface area contributed by atoms with Gasteiger partial charge < -0.3 is 19.5 Å². The summed E-state index contributed by atoms with van der Waals surface area (Å²) in [7, 11) is 1.58. The van der Waals surface area contributed by atoms with Crippen LogP contribution in [0.5, 0.6) is 11.5 Å². The maximum atomic E-state index is 12.3. The van der Waals surface area contributed by atoms with E-state index in [0.717, 1.165) is 5.69 Å². The van der Waals surface area contributed by atoms with Crippen LogP contribution in [0, 0.1) is 5.92 Å². The van der Waals surface area contributed by atoms with Crippen LogP contribution in [0.1, 0.15) is 5.69 Å². The number of hydrogen-bond acceptors (Lipinski definition) is 6. The molecule has 25 heavy (non-hydrogen) atoms. The van der Waals surface area contributed by atoms with Gasteiger partial charge in [-0.05, 0) is 18.6 Å². The second-order valence-corrected chi connectivity index (χ2v) is 5.99. The molecular formula is C18H21N3O4. The fourth-order valence-corrected chi connectivity index (χ4v) is 2.89. The van der Waals surface area contributed by atoms with Crippen molar-refractivity contribution in [3.8, 4) is 11.5 Å². The number of rotatable bonds is 6. The minimum Gasteiger partial charge on any atom is -0.497 e. The lowest BCUT2D eigenvalue weighted by molar-refractivity contribution is -0.132. The summed E-state index contributed by atoms with van der Waals surface area (Å²) < 4.78 is 10.7. The SMILES string of the molecule is COc1cccc(OCC(=O)N2C[C@@H](Cc3cnccn3)[C@H](O)C2)c1. The van der Waals surface area contributed by atoms with Crippen molar-refractivity contribution in [3.63, 3.8) is 0 Å². The number of amides is 1. The van der Waals surface area contributed by atoms with Crippen molar-refractivity contribution in [1.29, 1.82) is 0 Å². The Bertz CT molecular complexity index is 710. The molecule has 1 aromatic heterocycles. The molecule has 1 aliphatic heterocycles. The van der Waals surface area contributed by atoms with Gasteiger partial charge in [-0.2, -0.15) is 0 Å². The van der Waals surface area contributed by atoms with Gasteiger partial charge in [0.1, 0.15) is 11.5 Å². The van der Waals surface area contributed by atoms with Crippen LogP contribution >= 0.6 is 0 Å². The highest BCUT2D eigenvalue weighted by Gasteiger charge is 2.34. The molecule has 1 aliphatic rings. The zero-order chi connectivity index (χ0) is 17.6. The lowest BCUT2D eigenvalue weighted by Crippen LogP contribution is -2.33. The number of β-amino-alcohol motifs (C(OH)–C–C–N with tert-alkyl or cyclic N) is 1. The van der Waals surface area contributed by atoms with Crippen molar-refractivity contribution >= 4 is 5.91 Å². The van der Waals surface area contributed by atoms with E-state index in [2.05, 4.69) is 9.97 Å². The molecule has 0 bridgehead atoms. The predicted octanol–water partition coefficient (Wildman–Crippen LogP) is 0.926. The Hall–Kier alpha value is -2.67. The topological polar surface area (TPSA) is 84.8 Å². The Kier molecular flexibility index (Phi) is 5.45. The van der Waals surface area contributed by atoms with Crippen LogP contribution in [0.25, 0.3) is 0 Å². The van der Waals surface area contributed by atoms with Crippen molar-refractivity contribution in [2.75, 3.05) is 26.8 Å². The average molecular weight is 343 g/mol. The quantitative estimate of drug-likeness (QED) is 0.840. The standard InChI is InChI=1S/C18H21N3O4/c1-24-15-3-2-4-16(8-15)25-12-18(23)21-10-13(17(22)11-21)7-14-9-19-5-6-20-14/h2-6,8-9,13,17,22H,7,10-12H2,1H3/t13-,17-/m1/s1. The number of aliphatic hydroxyl groups excluding tert-OH is 1. The van der Waals surface area contributed by atoms with E-state index >= 15 is 0 Å². The van der Waals surface area contributed by atoms with Crippen molar-refractivity contribution < 1.29 is 19.4 Å². The van der Waals surface area contributed by atoms with Gasteiger partial charge in [-0.1, -0.05) is 6.07 Å². The van der Waals surface area contributed by atoms with Crippen molar-refractivity contribution in [1.82, 2.24) is 14.9 Å². The summed E-state index contributed by atoms with van der Waals surface area (Å²) in [5.41, 5.74) is 0.813. The summed E-state index contributed by atoms with van der Waals surface area (Å²) in [4.78, 5) is 22.2. The van der Waals surface area contributed by atoms with Crippen molar-refractivity contribution in [3.05, 3.63) is 48.5 Å². The maximum Gasteiger partial charge on any atom is 0.260 e. The van der Waals surface area contributed by atoms with Gasteiger partial charge in [-0.25, -0.2) is 0 Å². The lowest BCUT2D eigenvalue weighted by Gasteiger charge is -2.16. The van der Waals surface area contributed by atoms with Crippen LogP contribution in [-0.2, 0) is 11.2 Å². The van der Waals surface area contributed by atoms with Gasteiger partial charge in [-0.3, -0.25) is 14.8 Å². The van der Waals surface area contributed by atoms with Gasteiger partial charge in [-0.15, -0.1) is 0 Å². The summed E-state index contributed by atoms with van der Waals surface area (Å²) in [5.74, 6) is 1.05. The van der Waals surface area contributed by atoms with Crippen LogP contribution < -0.4 is 9.47 Å². The molecule has 132 valence electrons. The Morgan fingerprint density at radius 1 is 1.32 bits per heavy atom. The Labute approximate surface area is 146 Å². The number of ether oxygens (including phenoxy) is 2. The maximum absolute atomic E-state index is 12.3. The smallest absolute Gasteiger partial charge is 0.260 e. The highest BCUT2D eigenvalue weighted by Crippen LogP contribution is 2.22. The number of hydrogen-bond donors (Lipinski definition) is 1. The van der Waals surface area contributed by atoms with Crippen LogP contribution in [-0.4, -0.2) is 58.8 Å². The Balaban J connectivity index is 1.52. The van der Waals surface area contributed by atoms with E-state index in [0.29, 0.717) is 31.0 Å². The highest BCUT2D eigenvalue weighted by molar-refractivity contribution is 5.78. The normalized spacial score (nSPS) is 19.7. The molecule has 1 aromatic carbocycles. The van der Waals surface area contributed by atoms with E-state index in [1.807, 2.05) is 6.07 Å². The molecule has 7 nitrogen and oxygen atoms in total. The molecule has 1 saturated heterocycles. The second-order valence-electron chi connectivity index (χ2n) is 5.99. The van der Waals surface area contributed by atoms with E-state index in [1.165, 1.54) is 0 Å². The van der Waals surface area contributed by atoms with Gasteiger partial charge in [0.2, 0.25) is 0 Å². The van der Waals surface area contributed by atoms with E-state index in [9.17, 15) is 9.90 Å². The minimum absolute atomic E-state index is 0.0440. The third kappa shape index (κ3) is 4.45. The number of likely N-dealkylation sites (tertiary alicyclic amines) is 1. The molecule has 2 heterocycles. The zero-order valence-electron chi connectivity index (χ0n) is 14.0. The van der Waals surface area contributed by atoms with Gasteiger partial charge in [0.25, 0.3) is 5.91 Å². The molecule has 0 unspecified atom stereocenters. The lowest BCUT2D eigenvalue weighted by atomic mass is 10.0. The third-order valence-corrected chi connectivity index (χ3v) is 4.25. The molecule has 0 aliphatic carbocycles. The molecule has 2 atom stereocenters. The number of aliphatic hydroxyl groups is 1. The van der Waals surface area contributed by atoms with E-state index < -0.39 is 6.10 Å². The molecule has 0 radical (unpaired) electrons. The molecule has 7 heteroatoms. The fraction of sp³-hybridized carbons (Fsp3) is 0.389. The first-order chi connectivity index (χ1) is 12.2. The third-order valence-electron chi connectivity index (χ3n) is 4.25. The van der Waals surface area contributed by atoms with Crippen molar-refractivity contribution in [2.24, 2.45) is 5.92 Å². The number of carbonyl (C=O) groups excluding carboxylic acids is 1. The summed E-state index contributed by atoms with van der Waals surface area (Å²) >= 11 is 0. The van der Waals surface area contributed by atoms with Gasteiger partial charge in [0, 0.05) is 43.7 Å². The van der Waals surface area contributed by atoms with Crippen LogP contribution in [0.3, 0.4) is 0 Å². The van der Waals surface area contributed by atoms with E-state index in [1.54, 1.807) is 48.8 Å². The Morgan fingerprint density at radius 3 is 2.92 bits per heavy atom. The number of methoxy groups -OCH3 is 1. The molecule has 0 spiro atoms. The molecular weight excluding hydrogens is 322 g/mol. The number of benzene rings is 1. The van der Waals surface area contributed by atoms with Crippen LogP contribution in [0.4, 0.5) is 0 Å². The zero-order valence-corrected chi connectivity index (χ0v) is 14.0. The minimum atomic E-state index is -0.567. The molecule has 2 aromatic rings. The predicted molar refractivity (Wildman–Crippen MR) is 90.3 cm³/mol. The molecule has 3 rings (SSSR count). The molecule has 1 N–H and O–H groups in total. The number of aromatic nitrogens is 2. The molecule has 0 saturated carbocycles. The first-order valence-corrected chi connectivity index (χ1v) is 8.13. The summed E-state index contributed by atoms with van der Waals surface area (Å²) in [6.07, 6.45) is 4.95. The van der Waals surface area contributed by atoms with E-state index in [-0.39, 0.29) is 18.4 Å². The average Bonchev–Trinajstić information content (AvgIpc) is 3.01. The molecule has 1 fully saturated rings. The van der Waals surface area contributed by atoms with Crippen LogP contribution in [0.2, 0.25) is 0 Å². The second kappa shape index (κ2) is 7.94. The fourth-order valence-electron chi connectivity index (χ4n) is 2.89. The largest absolute Gasteiger partial charge is 0.497 e. The summed E-state index contributed by atoms with van der Waals surface area (Å²) in [6.45, 7) is 0.723. The Morgan fingerprint density at radius 2 is 2.16 bits per heavy atom. The molecule has 1 amide bonds. The van der Waals surface area contributed by atoms with Gasteiger partial charge in [0.05, 0.1) is 18.9 Å². The van der Waals surface area contributed by atoms with Gasteiger partial charge in [0.15, 0.2) is 6.61 Å².